The van der Waals surface area contributed by atoms with Crippen LogP contribution in [0.1, 0.15) is 38.7 Å². The van der Waals surface area contributed by atoms with Gasteiger partial charge in [-0.25, -0.2) is 0 Å². The first kappa shape index (κ1) is 15.4. The SMILES string of the molecule is COc1cccc(CC2CCCC2CNCC(C)C)c1. The van der Waals surface area contributed by atoms with E-state index in [4.69, 9.17) is 4.74 Å². The molecule has 0 radical (unpaired) electrons. The van der Waals surface area contributed by atoms with Crippen molar-refractivity contribution in [3.05, 3.63) is 29.8 Å². The summed E-state index contributed by atoms with van der Waals surface area (Å²) in [4.78, 5) is 0. The summed E-state index contributed by atoms with van der Waals surface area (Å²) in [6.07, 6.45) is 5.36. The molecule has 1 aliphatic carbocycles. The summed E-state index contributed by atoms with van der Waals surface area (Å²) in [7, 11) is 1.74. The summed E-state index contributed by atoms with van der Waals surface area (Å²) in [6, 6.07) is 8.56. The molecular formula is C18H29NO. The molecule has 2 rings (SSSR count). The van der Waals surface area contributed by atoms with Gasteiger partial charge >= 0.3 is 0 Å². The second-order valence-corrected chi connectivity index (χ2v) is 6.56. The van der Waals surface area contributed by atoms with Gasteiger partial charge in [-0.1, -0.05) is 32.4 Å². The Hall–Kier alpha value is -1.02. The maximum Gasteiger partial charge on any atom is 0.119 e. The fourth-order valence-corrected chi connectivity index (χ4v) is 3.31. The Kier molecular flexibility index (Phi) is 5.90. The first-order valence-corrected chi connectivity index (χ1v) is 8.02. The molecule has 2 unspecified atom stereocenters. The van der Waals surface area contributed by atoms with Crippen LogP contribution in [0.25, 0.3) is 0 Å². The van der Waals surface area contributed by atoms with Crippen molar-refractivity contribution in [2.45, 2.75) is 39.5 Å². The molecule has 20 heavy (non-hydrogen) atoms. The molecule has 0 saturated heterocycles. The van der Waals surface area contributed by atoms with E-state index >= 15 is 0 Å². The fraction of sp³-hybridized carbons (Fsp3) is 0.667. The Balaban J connectivity index is 1.86. The van der Waals surface area contributed by atoms with Crippen LogP contribution < -0.4 is 10.1 Å². The van der Waals surface area contributed by atoms with E-state index in [-0.39, 0.29) is 0 Å². The van der Waals surface area contributed by atoms with E-state index in [2.05, 4.69) is 37.4 Å². The molecule has 0 heterocycles. The summed E-state index contributed by atoms with van der Waals surface area (Å²) in [5.41, 5.74) is 1.42. The third-order valence-electron chi connectivity index (χ3n) is 4.41. The quantitative estimate of drug-likeness (QED) is 0.815. The van der Waals surface area contributed by atoms with Crippen molar-refractivity contribution < 1.29 is 4.74 Å². The Bertz CT molecular complexity index is 402. The Labute approximate surface area is 123 Å². The van der Waals surface area contributed by atoms with Crippen molar-refractivity contribution in [2.24, 2.45) is 17.8 Å². The molecule has 1 aromatic carbocycles. The van der Waals surface area contributed by atoms with E-state index < -0.39 is 0 Å². The number of methoxy groups -OCH3 is 1. The zero-order valence-electron chi connectivity index (χ0n) is 13.2. The summed E-state index contributed by atoms with van der Waals surface area (Å²) < 4.78 is 5.33. The molecule has 112 valence electrons. The smallest absolute Gasteiger partial charge is 0.119 e. The molecule has 1 fully saturated rings. The summed E-state index contributed by atoms with van der Waals surface area (Å²) in [5, 5.41) is 3.64. The number of benzene rings is 1. The van der Waals surface area contributed by atoms with Crippen LogP contribution in [-0.2, 0) is 6.42 Å². The predicted octanol–water partition coefficient (Wildman–Crippen LogP) is 3.90. The third kappa shape index (κ3) is 4.52. The highest BCUT2D eigenvalue weighted by Gasteiger charge is 2.26. The van der Waals surface area contributed by atoms with Crippen molar-refractivity contribution in [2.75, 3.05) is 20.2 Å². The van der Waals surface area contributed by atoms with E-state index in [0.717, 1.165) is 30.0 Å². The minimum absolute atomic E-state index is 0.744. The van der Waals surface area contributed by atoms with Crippen LogP contribution in [0.15, 0.2) is 24.3 Å². The zero-order valence-corrected chi connectivity index (χ0v) is 13.2. The summed E-state index contributed by atoms with van der Waals surface area (Å²) in [6.45, 7) is 6.87. The van der Waals surface area contributed by atoms with Gasteiger partial charge in [-0.05, 0) is 67.8 Å². The van der Waals surface area contributed by atoms with Gasteiger partial charge in [0.05, 0.1) is 7.11 Å². The molecule has 2 atom stereocenters. The second-order valence-electron chi connectivity index (χ2n) is 6.56. The van der Waals surface area contributed by atoms with Gasteiger partial charge in [0.1, 0.15) is 5.75 Å². The molecule has 0 spiro atoms. The average molecular weight is 275 g/mol. The Morgan fingerprint density at radius 3 is 2.80 bits per heavy atom. The Morgan fingerprint density at radius 1 is 1.25 bits per heavy atom. The van der Waals surface area contributed by atoms with Gasteiger partial charge in [-0.2, -0.15) is 0 Å². The van der Waals surface area contributed by atoms with Gasteiger partial charge in [-0.3, -0.25) is 0 Å². The summed E-state index contributed by atoms with van der Waals surface area (Å²) in [5.74, 6) is 3.41. The van der Waals surface area contributed by atoms with Crippen LogP contribution in [0.2, 0.25) is 0 Å². The van der Waals surface area contributed by atoms with Crippen molar-refractivity contribution in [1.82, 2.24) is 5.32 Å². The molecule has 1 N–H and O–H groups in total. The van der Waals surface area contributed by atoms with Crippen molar-refractivity contribution in [3.63, 3.8) is 0 Å². The normalized spacial score (nSPS) is 22.4. The second kappa shape index (κ2) is 7.68. The molecule has 0 bridgehead atoms. The standard InChI is InChI=1S/C18H29NO/c1-14(2)12-19-13-17-8-5-7-16(17)10-15-6-4-9-18(11-15)20-3/h4,6,9,11,14,16-17,19H,5,7-8,10,12-13H2,1-3H3. The van der Waals surface area contributed by atoms with Crippen molar-refractivity contribution >= 4 is 0 Å². The first-order valence-electron chi connectivity index (χ1n) is 8.02. The number of ether oxygens (including phenoxy) is 1. The number of nitrogens with one attached hydrogen (secondary N) is 1. The van der Waals surface area contributed by atoms with E-state index in [1.54, 1.807) is 7.11 Å². The molecule has 1 aliphatic rings. The van der Waals surface area contributed by atoms with Crippen molar-refractivity contribution in [3.8, 4) is 5.75 Å². The Morgan fingerprint density at radius 2 is 2.05 bits per heavy atom. The van der Waals surface area contributed by atoms with Crippen LogP contribution >= 0.6 is 0 Å². The highest BCUT2D eigenvalue weighted by Crippen LogP contribution is 2.34. The van der Waals surface area contributed by atoms with Gasteiger partial charge in [0.25, 0.3) is 0 Å². The molecule has 1 aromatic rings. The van der Waals surface area contributed by atoms with E-state index in [9.17, 15) is 0 Å². The molecular weight excluding hydrogens is 246 g/mol. The van der Waals surface area contributed by atoms with Gasteiger partial charge in [0.2, 0.25) is 0 Å². The minimum Gasteiger partial charge on any atom is -0.497 e. The number of hydrogen-bond donors (Lipinski definition) is 1. The lowest BCUT2D eigenvalue weighted by atomic mass is 9.89. The number of hydrogen-bond acceptors (Lipinski definition) is 2. The molecule has 2 heteroatoms. The maximum absolute atomic E-state index is 5.33. The first-order chi connectivity index (χ1) is 9.69. The van der Waals surface area contributed by atoms with Crippen LogP contribution in [0.3, 0.4) is 0 Å². The fourth-order valence-electron chi connectivity index (χ4n) is 3.31. The van der Waals surface area contributed by atoms with Gasteiger partial charge in [0.15, 0.2) is 0 Å². The maximum atomic E-state index is 5.33. The monoisotopic (exact) mass is 275 g/mol. The van der Waals surface area contributed by atoms with Crippen molar-refractivity contribution in [1.29, 1.82) is 0 Å². The zero-order chi connectivity index (χ0) is 14.4. The van der Waals surface area contributed by atoms with E-state index in [1.807, 2.05) is 6.07 Å². The average Bonchev–Trinajstić information content (AvgIpc) is 2.86. The molecule has 0 aromatic heterocycles. The highest BCUT2D eigenvalue weighted by molar-refractivity contribution is 5.28. The molecule has 1 saturated carbocycles. The van der Waals surface area contributed by atoms with Crippen LogP contribution in [0.4, 0.5) is 0 Å². The lowest BCUT2D eigenvalue weighted by Crippen LogP contribution is -2.28. The molecule has 2 nitrogen and oxygen atoms in total. The number of rotatable bonds is 7. The van der Waals surface area contributed by atoms with E-state index in [1.165, 1.54) is 37.8 Å². The highest BCUT2D eigenvalue weighted by atomic mass is 16.5. The van der Waals surface area contributed by atoms with E-state index in [0.29, 0.717) is 0 Å². The van der Waals surface area contributed by atoms with Crippen LogP contribution in [-0.4, -0.2) is 20.2 Å². The third-order valence-corrected chi connectivity index (χ3v) is 4.41. The van der Waals surface area contributed by atoms with Crippen LogP contribution in [0.5, 0.6) is 5.75 Å². The molecule has 0 aliphatic heterocycles. The largest absolute Gasteiger partial charge is 0.497 e. The van der Waals surface area contributed by atoms with Gasteiger partial charge in [0, 0.05) is 0 Å². The van der Waals surface area contributed by atoms with Gasteiger partial charge in [-0.15, -0.1) is 0 Å². The summed E-state index contributed by atoms with van der Waals surface area (Å²) >= 11 is 0. The lowest BCUT2D eigenvalue weighted by molar-refractivity contribution is 0.356. The lowest BCUT2D eigenvalue weighted by Gasteiger charge is -2.21. The topological polar surface area (TPSA) is 21.3 Å². The minimum atomic E-state index is 0.744. The molecule has 0 amide bonds. The van der Waals surface area contributed by atoms with Gasteiger partial charge < -0.3 is 10.1 Å². The van der Waals surface area contributed by atoms with Crippen LogP contribution in [0, 0.1) is 17.8 Å². The predicted molar refractivity (Wildman–Crippen MR) is 85.2 cm³/mol.